The molecule has 1 aliphatic heterocycles. The van der Waals surface area contributed by atoms with E-state index in [1.54, 1.807) is 7.05 Å². The number of carbonyl (C=O) groups excluding carboxylic acids is 3. The number of rotatable bonds is 8. The highest BCUT2D eigenvalue weighted by molar-refractivity contribution is 6.13. The highest BCUT2D eigenvalue weighted by Crippen LogP contribution is 2.45. The molecule has 1 fully saturated rings. The van der Waals surface area contributed by atoms with Crippen molar-refractivity contribution in [2.75, 3.05) is 37.5 Å². The number of nitrogens with one attached hydrogen (secondary N) is 1. The van der Waals surface area contributed by atoms with Gasteiger partial charge < -0.3 is 19.9 Å². The van der Waals surface area contributed by atoms with Crippen molar-refractivity contribution in [1.82, 2.24) is 14.7 Å². The molecule has 1 aliphatic carbocycles. The van der Waals surface area contributed by atoms with E-state index in [2.05, 4.69) is 10.4 Å². The molecule has 10 nitrogen and oxygen atoms in total. The third-order valence-electron chi connectivity index (χ3n) is 8.27. The fourth-order valence-corrected chi connectivity index (χ4v) is 5.76. The molecule has 0 radical (unpaired) electrons. The zero-order valence-electron chi connectivity index (χ0n) is 24.1. The number of nitrogens with zero attached hydrogens (tertiary/aromatic N) is 5. The van der Waals surface area contributed by atoms with E-state index in [0.29, 0.717) is 24.3 Å². The van der Waals surface area contributed by atoms with E-state index in [9.17, 15) is 19.6 Å². The number of nitriles is 1. The van der Waals surface area contributed by atoms with Crippen LogP contribution in [0.1, 0.15) is 70.6 Å². The molecule has 2 aliphatic rings. The summed E-state index contributed by atoms with van der Waals surface area (Å²) in [6.45, 7) is 1.76. The van der Waals surface area contributed by atoms with Crippen molar-refractivity contribution in [3.8, 4) is 11.8 Å². The molecule has 2 aromatic carbocycles. The smallest absolute Gasteiger partial charge is 0.278 e. The molecule has 43 heavy (non-hydrogen) atoms. The van der Waals surface area contributed by atoms with Crippen LogP contribution in [0.5, 0.6) is 5.75 Å². The number of amides is 3. The molecular weight excluding hydrogens is 558 g/mol. The molecule has 12 heteroatoms. The molecule has 1 aromatic heterocycles. The lowest BCUT2D eigenvalue weighted by atomic mass is 9.93. The van der Waals surface area contributed by atoms with Crippen molar-refractivity contribution in [2.24, 2.45) is 5.92 Å². The topological polar surface area (TPSA) is 121 Å². The Labute approximate surface area is 247 Å². The Morgan fingerprint density at radius 1 is 1.19 bits per heavy atom. The van der Waals surface area contributed by atoms with Crippen molar-refractivity contribution in [3.63, 3.8) is 0 Å². The summed E-state index contributed by atoms with van der Waals surface area (Å²) in [6, 6.07) is 11.6. The summed E-state index contributed by atoms with van der Waals surface area (Å²) in [4.78, 5) is 42.0. The van der Waals surface area contributed by atoms with Gasteiger partial charge in [-0.25, -0.2) is 8.78 Å². The van der Waals surface area contributed by atoms with Crippen LogP contribution in [0, 0.1) is 17.2 Å². The number of hydrogen-bond donors (Lipinski definition) is 1. The van der Waals surface area contributed by atoms with Gasteiger partial charge >= 0.3 is 0 Å². The molecule has 0 bridgehead atoms. The highest BCUT2D eigenvalue weighted by Gasteiger charge is 2.43. The number of alkyl halides is 2. The molecule has 2 heterocycles. The average Bonchev–Trinajstić information content (AvgIpc) is 3.70. The van der Waals surface area contributed by atoms with Gasteiger partial charge in [0.25, 0.3) is 17.7 Å². The predicted octanol–water partition coefficient (Wildman–Crippen LogP) is 4.98. The molecule has 3 aromatic rings. The first-order chi connectivity index (χ1) is 20.5. The van der Waals surface area contributed by atoms with Crippen molar-refractivity contribution < 1.29 is 27.9 Å². The molecule has 0 spiro atoms. The third-order valence-corrected chi connectivity index (χ3v) is 8.27. The lowest BCUT2D eigenvalue weighted by molar-refractivity contribution is -0.128. The second kappa shape index (κ2) is 11.8. The normalized spacial score (nSPS) is 16.9. The molecular formula is C31H32F2N6O4. The monoisotopic (exact) mass is 590 g/mol. The van der Waals surface area contributed by atoms with Crippen LogP contribution in [-0.4, -0.2) is 59.6 Å². The summed E-state index contributed by atoms with van der Waals surface area (Å²) in [5, 5.41) is 16.5. The van der Waals surface area contributed by atoms with Gasteiger partial charge in [0.05, 0.1) is 37.1 Å². The van der Waals surface area contributed by atoms with E-state index in [1.807, 2.05) is 6.07 Å². The second-order valence-electron chi connectivity index (χ2n) is 11.0. The first-order valence-corrected chi connectivity index (χ1v) is 14.0. The van der Waals surface area contributed by atoms with Gasteiger partial charge in [0.15, 0.2) is 5.69 Å². The Morgan fingerprint density at radius 3 is 2.51 bits per heavy atom. The Kier molecular flexibility index (Phi) is 8.17. The molecule has 1 saturated carbocycles. The zero-order valence-corrected chi connectivity index (χ0v) is 24.1. The minimum atomic E-state index is -2.96. The van der Waals surface area contributed by atoms with Gasteiger partial charge in [-0.3, -0.25) is 19.1 Å². The summed E-state index contributed by atoms with van der Waals surface area (Å²) in [5.74, 6) is -4.59. The van der Waals surface area contributed by atoms with Crippen LogP contribution in [0.25, 0.3) is 0 Å². The van der Waals surface area contributed by atoms with Gasteiger partial charge in [-0.2, -0.15) is 10.4 Å². The standard InChI is InChI=1S/C31H32F2N6O4/c1-19(40)37(2)17-25-18-38(24-11-9-23(10-12-24)31(32,33)22-6-4-5-7-22)30(42)28-26(16-35-39(25)28)36-29(41)20-8-13-27(43-3)21(14-20)15-34/h8-14,16,22,25H,4-7,17-18H2,1-3H3,(H,36,41). The molecule has 0 saturated heterocycles. The Bertz CT molecular complexity index is 1590. The summed E-state index contributed by atoms with van der Waals surface area (Å²) in [5.41, 5.74) is 0.872. The minimum Gasteiger partial charge on any atom is -0.495 e. The average molecular weight is 591 g/mol. The van der Waals surface area contributed by atoms with E-state index in [4.69, 9.17) is 4.74 Å². The first-order valence-electron chi connectivity index (χ1n) is 14.0. The number of ether oxygens (including phenoxy) is 1. The quantitative estimate of drug-likeness (QED) is 0.395. The highest BCUT2D eigenvalue weighted by atomic mass is 19.3. The number of fused-ring (bicyclic) bond motifs is 1. The third kappa shape index (κ3) is 5.67. The molecule has 1 N–H and O–H groups in total. The Hall–Kier alpha value is -4.79. The fourth-order valence-electron chi connectivity index (χ4n) is 5.76. The van der Waals surface area contributed by atoms with Crippen LogP contribution in [0.15, 0.2) is 48.7 Å². The maximum absolute atomic E-state index is 15.2. The number of carbonyl (C=O) groups is 3. The van der Waals surface area contributed by atoms with Crippen molar-refractivity contribution in [2.45, 2.75) is 44.6 Å². The largest absolute Gasteiger partial charge is 0.495 e. The predicted molar refractivity (Wildman–Crippen MR) is 154 cm³/mol. The fraction of sp³-hybridized carbons (Fsp3) is 0.387. The summed E-state index contributed by atoms with van der Waals surface area (Å²) in [6.07, 6.45) is 3.91. The number of halogens is 2. The number of hydrogen-bond acceptors (Lipinski definition) is 6. The van der Waals surface area contributed by atoms with Crippen molar-refractivity contribution >= 4 is 29.1 Å². The number of aromatic nitrogens is 2. The van der Waals surface area contributed by atoms with E-state index < -0.39 is 29.7 Å². The summed E-state index contributed by atoms with van der Waals surface area (Å²) in [7, 11) is 3.05. The van der Waals surface area contributed by atoms with E-state index in [0.717, 1.165) is 12.8 Å². The second-order valence-corrected chi connectivity index (χ2v) is 11.0. The van der Waals surface area contributed by atoms with Gasteiger partial charge in [0, 0.05) is 43.2 Å². The van der Waals surface area contributed by atoms with Crippen LogP contribution in [0.3, 0.4) is 0 Å². The lowest BCUT2D eigenvalue weighted by Crippen LogP contribution is -2.47. The van der Waals surface area contributed by atoms with Crippen molar-refractivity contribution in [3.05, 3.63) is 71.0 Å². The van der Waals surface area contributed by atoms with Gasteiger partial charge in [0.1, 0.15) is 11.8 Å². The number of benzene rings is 2. The maximum Gasteiger partial charge on any atom is 0.278 e. The van der Waals surface area contributed by atoms with Gasteiger partial charge in [0.2, 0.25) is 5.91 Å². The van der Waals surface area contributed by atoms with Crippen LogP contribution in [0.4, 0.5) is 20.2 Å². The maximum atomic E-state index is 15.2. The zero-order chi connectivity index (χ0) is 30.9. The van der Waals surface area contributed by atoms with E-state index in [-0.39, 0.29) is 47.1 Å². The van der Waals surface area contributed by atoms with Gasteiger partial charge in [-0.15, -0.1) is 0 Å². The number of likely N-dealkylation sites (N-methyl/N-ethyl adjacent to an activating group) is 1. The van der Waals surface area contributed by atoms with E-state index in [1.165, 1.54) is 77.2 Å². The molecule has 5 rings (SSSR count). The Balaban J connectivity index is 1.46. The Morgan fingerprint density at radius 2 is 1.88 bits per heavy atom. The van der Waals surface area contributed by atoms with Crippen LogP contribution in [0.2, 0.25) is 0 Å². The van der Waals surface area contributed by atoms with Crippen LogP contribution < -0.4 is 15.0 Å². The van der Waals surface area contributed by atoms with E-state index >= 15 is 8.78 Å². The van der Waals surface area contributed by atoms with Crippen molar-refractivity contribution in [1.29, 1.82) is 5.26 Å². The minimum absolute atomic E-state index is 0.0796. The lowest BCUT2D eigenvalue weighted by Gasteiger charge is -2.35. The number of methoxy groups -OCH3 is 1. The molecule has 224 valence electrons. The summed E-state index contributed by atoms with van der Waals surface area (Å²) < 4.78 is 36.9. The summed E-state index contributed by atoms with van der Waals surface area (Å²) >= 11 is 0. The molecule has 1 atom stereocenters. The van der Waals surface area contributed by atoms with Crippen LogP contribution in [-0.2, 0) is 10.7 Å². The number of anilines is 2. The van der Waals surface area contributed by atoms with Crippen LogP contribution >= 0.6 is 0 Å². The van der Waals surface area contributed by atoms with Gasteiger partial charge in [-0.1, -0.05) is 25.0 Å². The first kappa shape index (κ1) is 29.7. The van der Waals surface area contributed by atoms with Gasteiger partial charge in [-0.05, 0) is 43.2 Å². The molecule has 1 unspecified atom stereocenters. The molecule has 3 amide bonds. The SMILES string of the molecule is COc1ccc(C(=O)Nc2cnn3c2C(=O)N(c2ccc(C(F)(F)C4CCCC4)cc2)CC3CN(C)C(C)=O)cc1C#N.